The summed E-state index contributed by atoms with van der Waals surface area (Å²) in [6.45, 7) is 7.57. The summed E-state index contributed by atoms with van der Waals surface area (Å²) in [7, 11) is 0. The second kappa shape index (κ2) is 11.4. The number of carbonyl (C=O) groups excluding carboxylic acids is 1. The van der Waals surface area contributed by atoms with Crippen molar-refractivity contribution < 1.29 is 9.53 Å². The molecule has 5 aromatic rings. The normalized spacial score (nSPS) is 17.4. The molecule has 7 rings (SSSR count). The van der Waals surface area contributed by atoms with Gasteiger partial charge in [0.2, 0.25) is 0 Å². The van der Waals surface area contributed by atoms with Gasteiger partial charge in [-0.3, -0.25) is 24.8 Å². The highest BCUT2D eigenvalue weighted by atomic mass is 16.5. The maximum absolute atomic E-state index is 12.9. The molecule has 2 fully saturated rings. The Morgan fingerprint density at radius 3 is 2.86 bits per heavy atom. The summed E-state index contributed by atoms with van der Waals surface area (Å²) >= 11 is 0. The van der Waals surface area contributed by atoms with E-state index in [4.69, 9.17) is 4.74 Å². The molecule has 0 saturated carbocycles. The van der Waals surface area contributed by atoms with E-state index in [1.165, 1.54) is 19.4 Å². The van der Waals surface area contributed by atoms with Gasteiger partial charge < -0.3 is 9.72 Å². The minimum absolute atomic E-state index is 0.329. The topological polar surface area (TPSA) is 100 Å². The van der Waals surface area contributed by atoms with E-state index < -0.39 is 0 Å². The summed E-state index contributed by atoms with van der Waals surface area (Å²) in [5.41, 5.74) is 7.30. The Hall–Kier alpha value is -4.47. The summed E-state index contributed by atoms with van der Waals surface area (Å²) in [4.78, 5) is 39.6. The third-order valence-electron chi connectivity index (χ3n) is 8.34. The number of fused-ring (bicyclic) bond motifs is 2. The van der Waals surface area contributed by atoms with E-state index in [0.717, 1.165) is 71.0 Å². The summed E-state index contributed by atoms with van der Waals surface area (Å²) < 4.78 is 5.66. The smallest absolute Gasteiger partial charge is 0.338 e. The van der Waals surface area contributed by atoms with Crippen LogP contribution in [0.25, 0.3) is 44.8 Å². The molecule has 9 heteroatoms. The lowest BCUT2D eigenvalue weighted by molar-refractivity contribution is 0.0393. The molecule has 0 spiro atoms. The summed E-state index contributed by atoms with van der Waals surface area (Å²) in [6.07, 6.45) is 7.70. The van der Waals surface area contributed by atoms with Crippen LogP contribution in [0.5, 0.6) is 0 Å². The third kappa shape index (κ3) is 5.41. The maximum atomic E-state index is 12.9. The molecule has 1 aromatic carbocycles. The molecule has 1 atom stereocenters. The van der Waals surface area contributed by atoms with Crippen LogP contribution in [0, 0.1) is 6.92 Å². The van der Waals surface area contributed by atoms with Crippen LogP contribution in [0.3, 0.4) is 0 Å². The van der Waals surface area contributed by atoms with Gasteiger partial charge >= 0.3 is 5.97 Å². The molecule has 2 saturated heterocycles. The van der Waals surface area contributed by atoms with Gasteiger partial charge in [-0.15, -0.1) is 0 Å². The number of hydrogen-bond acceptors (Lipinski definition) is 8. The van der Waals surface area contributed by atoms with Gasteiger partial charge in [-0.1, -0.05) is 12.1 Å². The van der Waals surface area contributed by atoms with E-state index >= 15 is 0 Å². The number of hydrogen-bond donors (Lipinski definition) is 1. The van der Waals surface area contributed by atoms with Crippen molar-refractivity contribution in [2.24, 2.45) is 0 Å². The summed E-state index contributed by atoms with van der Waals surface area (Å²) in [5, 5.41) is 0.952. The van der Waals surface area contributed by atoms with E-state index in [-0.39, 0.29) is 5.97 Å². The number of benzene rings is 1. The standard InChI is InChI=1S/C33H33N7O2/c1-22-4-2-6-29(38-22)32-31(36-21-37-32)23-7-8-28-25(16-23)17-26(19-35-28)30-18-24(9-10-34-30)33(41)42-15-14-39-12-13-40-11-3-5-27(40)20-39/h2,4,6-10,16-19,21,27H,3,5,11-15,20H2,1H3,(H,36,37). The van der Waals surface area contributed by atoms with Crippen molar-refractivity contribution in [3.8, 4) is 33.9 Å². The molecule has 212 valence electrons. The Bertz CT molecular complexity index is 1750. The molecule has 42 heavy (non-hydrogen) atoms. The van der Waals surface area contributed by atoms with E-state index in [9.17, 15) is 4.79 Å². The van der Waals surface area contributed by atoms with Crippen LogP contribution in [-0.2, 0) is 4.74 Å². The molecule has 1 unspecified atom stereocenters. The fourth-order valence-electron chi connectivity index (χ4n) is 6.13. The molecule has 9 nitrogen and oxygen atoms in total. The number of pyridine rings is 3. The highest BCUT2D eigenvalue weighted by molar-refractivity contribution is 5.92. The lowest BCUT2D eigenvalue weighted by Crippen LogP contribution is -2.50. The van der Waals surface area contributed by atoms with Crippen LogP contribution >= 0.6 is 0 Å². The first-order chi connectivity index (χ1) is 20.6. The van der Waals surface area contributed by atoms with Gasteiger partial charge in [0.15, 0.2) is 0 Å². The van der Waals surface area contributed by atoms with Crippen LogP contribution in [-0.4, -0.2) is 86.1 Å². The maximum Gasteiger partial charge on any atom is 0.338 e. The number of aryl methyl sites for hydroxylation is 1. The molecule has 0 bridgehead atoms. The first kappa shape index (κ1) is 26.4. The molecule has 0 amide bonds. The Labute approximate surface area is 244 Å². The van der Waals surface area contributed by atoms with Crippen LogP contribution in [0.1, 0.15) is 28.9 Å². The number of aromatic amines is 1. The molecule has 4 aromatic heterocycles. The van der Waals surface area contributed by atoms with E-state index in [1.54, 1.807) is 30.9 Å². The van der Waals surface area contributed by atoms with Crippen LogP contribution < -0.4 is 0 Å². The molecule has 0 radical (unpaired) electrons. The second-order valence-corrected chi connectivity index (χ2v) is 11.1. The Balaban J connectivity index is 1.07. The van der Waals surface area contributed by atoms with Gasteiger partial charge in [-0.2, -0.15) is 0 Å². The van der Waals surface area contributed by atoms with Crippen molar-refractivity contribution in [1.29, 1.82) is 0 Å². The SMILES string of the molecule is Cc1cccc(-c2[nH]cnc2-c2ccc3ncc(-c4cc(C(=O)OCCN5CCN6CCCC6C5)ccn4)cc3c2)n1. The van der Waals surface area contributed by atoms with Crippen molar-refractivity contribution in [3.63, 3.8) is 0 Å². The molecule has 2 aliphatic heterocycles. The molecular formula is C33H33N7O2. The predicted molar refractivity (Wildman–Crippen MR) is 162 cm³/mol. The van der Waals surface area contributed by atoms with Crippen molar-refractivity contribution in [2.75, 3.05) is 39.3 Å². The zero-order chi connectivity index (χ0) is 28.5. The Morgan fingerprint density at radius 1 is 1.00 bits per heavy atom. The summed E-state index contributed by atoms with van der Waals surface area (Å²) in [5.74, 6) is -0.329. The quantitative estimate of drug-likeness (QED) is 0.278. The highest BCUT2D eigenvalue weighted by Crippen LogP contribution is 2.31. The zero-order valence-corrected chi connectivity index (χ0v) is 23.7. The molecule has 6 heterocycles. The van der Waals surface area contributed by atoms with Crippen molar-refractivity contribution >= 4 is 16.9 Å². The Morgan fingerprint density at radius 2 is 1.93 bits per heavy atom. The second-order valence-electron chi connectivity index (χ2n) is 11.1. The monoisotopic (exact) mass is 559 g/mol. The lowest BCUT2D eigenvalue weighted by atomic mass is 10.0. The fourth-order valence-corrected chi connectivity index (χ4v) is 6.13. The number of nitrogens with zero attached hydrogens (tertiary/aromatic N) is 6. The third-order valence-corrected chi connectivity index (χ3v) is 8.34. The lowest BCUT2D eigenvalue weighted by Gasteiger charge is -2.37. The number of nitrogens with one attached hydrogen (secondary N) is 1. The van der Waals surface area contributed by atoms with Crippen molar-refractivity contribution in [3.05, 3.63) is 84.6 Å². The van der Waals surface area contributed by atoms with Gasteiger partial charge in [-0.25, -0.2) is 9.78 Å². The van der Waals surface area contributed by atoms with Crippen molar-refractivity contribution in [2.45, 2.75) is 25.8 Å². The zero-order valence-electron chi connectivity index (χ0n) is 23.7. The number of piperazine rings is 1. The van der Waals surface area contributed by atoms with E-state index in [2.05, 4.69) is 40.8 Å². The van der Waals surface area contributed by atoms with Crippen LogP contribution in [0.2, 0.25) is 0 Å². The number of esters is 1. The van der Waals surface area contributed by atoms with E-state index in [0.29, 0.717) is 23.9 Å². The first-order valence-corrected chi connectivity index (χ1v) is 14.6. The van der Waals surface area contributed by atoms with Crippen LogP contribution in [0.4, 0.5) is 0 Å². The van der Waals surface area contributed by atoms with Gasteiger partial charge in [0.05, 0.1) is 40.2 Å². The van der Waals surface area contributed by atoms with E-state index in [1.807, 2.05) is 43.3 Å². The van der Waals surface area contributed by atoms with Gasteiger partial charge in [-0.05, 0) is 68.8 Å². The van der Waals surface area contributed by atoms with Gasteiger partial charge in [0, 0.05) is 66.8 Å². The minimum Gasteiger partial charge on any atom is -0.461 e. The highest BCUT2D eigenvalue weighted by Gasteiger charge is 2.30. The average molecular weight is 560 g/mol. The van der Waals surface area contributed by atoms with Gasteiger partial charge in [0.1, 0.15) is 6.61 Å². The minimum atomic E-state index is -0.329. The number of ether oxygens (including phenoxy) is 1. The fraction of sp³-hybridized carbons (Fsp3) is 0.303. The van der Waals surface area contributed by atoms with Gasteiger partial charge in [0.25, 0.3) is 0 Å². The molecule has 0 aliphatic carbocycles. The van der Waals surface area contributed by atoms with Crippen LogP contribution in [0.15, 0.2) is 73.3 Å². The van der Waals surface area contributed by atoms with Crippen molar-refractivity contribution in [1.82, 2.24) is 34.7 Å². The Kier molecular flexibility index (Phi) is 7.19. The number of aromatic nitrogens is 5. The molecular weight excluding hydrogens is 526 g/mol. The number of carbonyl (C=O) groups is 1. The average Bonchev–Trinajstić information content (AvgIpc) is 3.71. The predicted octanol–water partition coefficient (Wildman–Crippen LogP) is 4.99. The number of rotatable bonds is 7. The largest absolute Gasteiger partial charge is 0.461 e. The summed E-state index contributed by atoms with van der Waals surface area (Å²) in [6, 6.07) is 18.2. The number of H-pyrrole nitrogens is 1. The molecule has 1 N–H and O–H groups in total. The number of imidazole rings is 1. The molecule has 2 aliphatic rings. The first-order valence-electron chi connectivity index (χ1n) is 14.6.